The van der Waals surface area contributed by atoms with Gasteiger partial charge >= 0.3 is 0 Å². The molecule has 134 valence electrons. The van der Waals surface area contributed by atoms with Gasteiger partial charge in [-0.15, -0.1) is 11.3 Å². The van der Waals surface area contributed by atoms with Gasteiger partial charge < -0.3 is 0 Å². The molecule has 1 aromatic heterocycles. The van der Waals surface area contributed by atoms with E-state index in [1.54, 1.807) is 28.5 Å². The number of imide groups is 1. The summed E-state index contributed by atoms with van der Waals surface area (Å²) in [6.45, 7) is 0. The molecule has 3 aromatic rings. The fourth-order valence-corrected chi connectivity index (χ4v) is 4.65. The van der Waals surface area contributed by atoms with Gasteiger partial charge in [0.25, 0.3) is 5.91 Å². The van der Waals surface area contributed by atoms with Gasteiger partial charge in [-0.3, -0.25) is 14.4 Å². The van der Waals surface area contributed by atoms with Crippen LogP contribution in [0, 0.1) is 5.92 Å². The molecule has 6 heteroatoms. The monoisotopic (exact) mass is 376 g/mol. The standard InChI is InChI=1S/C21H16N2O3S/c24-20-17-18(16-12-7-13-27-16)23(15-10-5-2-6-11-15)26-19(17)21(25)22(20)14-8-3-1-4-9-14/h1-13,17-19H/t17-,18+,19+/m1/s1. The van der Waals surface area contributed by atoms with Crippen molar-refractivity contribution in [2.45, 2.75) is 12.1 Å². The first-order valence-electron chi connectivity index (χ1n) is 8.73. The van der Waals surface area contributed by atoms with Crippen LogP contribution in [0.1, 0.15) is 10.9 Å². The van der Waals surface area contributed by atoms with Crippen molar-refractivity contribution in [1.29, 1.82) is 0 Å². The number of amides is 2. The Morgan fingerprint density at radius 2 is 1.44 bits per heavy atom. The zero-order chi connectivity index (χ0) is 18.4. The molecule has 2 amide bonds. The van der Waals surface area contributed by atoms with Gasteiger partial charge in [-0.1, -0.05) is 42.5 Å². The second kappa shape index (κ2) is 6.33. The summed E-state index contributed by atoms with van der Waals surface area (Å²) in [4.78, 5) is 34.7. The first kappa shape index (κ1) is 16.2. The van der Waals surface area contributed by atoms with Crippen molar-refractivity contribution >= 4 is 34.5 Å². The van der Waals surface area contributed by atoms with E-state index in [0.717, 1.165) is 10.6 Å². The predicted molar refractivity (Wildman–Crippen MR) is 103 cm³/mol. The van der Waals surface area contributed by atoms with Crippen LogP contribution in [0.2, 0.25) is 0 Å². The summed E-state index contributed by atoms with van der Waals surface area (Å²) in [7, 11) is 0. The molecule has 0 N–H and O–H groups in total. The third-order valence-corrected chi connectivity index (χ3v) is 5.92. The fourth-order valence-electron chi connectivity index (χ4n) is 3.79. The van der Waals surface area contributed by atoms with Crippen molar-refractivity contribution in [2.24, 2.45) is 5.92 Å². The smallest absolute Gasteiger partial charge is 0.266 e. The van der Waals surface area contributed by atoms with Gasteiger partial charge in [0, 0.05) is 4.88 Å². The van der Waals surface area contributed by atoms with E-state index in [9.17, 15) is 9.59 Å². The van der Waals surface area contributed by atoms with Crippen LogP contribution < -0.4 is 9.96 Å². The lowest BCUT2D eigenvalue weighted by molar-refractivity contribution is -0.126. The zero-order valence-corrected chi connectivity index (χ0v) is 15.1. The van der Waals surface area contributed by atoms with E-state index in [2.05, 4.69) is 0 Å². The molecule has 0 radical (unpaired) electrons. The van der Waals surface area contributed by atoms with Crippen molar-refractivity contribution < 1.29 is 14.4 Å². The van der Waals surface area contributed by atoms with E-state index in [1.165, 1.54) is 4.90 Å². The Hall–Kier alpha value is -2.96. The number of thiophene rings is 1. The number of benzene rings is 2. The third kappa shape index (κ3) is 2.49. The number of hydrogen-bond acceptors (Lipinski definition) is 5. The average molecular weight is 376 g/mol. The number of nitrogens with zero attached hydrogens (tertiary/aromatic N) is 2. The lowest BCUT2D eigenvalue weighted by Crippen LogP contribution is -2.37. The minimum atomic E-state index is -0.815. The maximum Gasteiger partial charge on any atom is 0.266 e. The van der Waals surface area contributed by atoms with Gasteiger partial charge in [-0.2, -0.15) is 0 Å². The molecule has 5 nitrogen and oxygen atoms in total. The molecule has 2 saturated heterocycles. The molecule has 27 heavy (non-hydrogen) atoms. The highest BCUT2D eigenvalue weighted by Gasteiger charge is 2.60. The summed E-state index contributed by atoms with van der Waals surface area (Å²) >= 11 is 1.56. The van der Waals surface area contributed by atoms with E-state index in [0.29, 0.717) is 5.69 Å². The quantitative estimate of drug-likeness (QED) is 0.653. The first-order valence-corrected chi connectivity index (χ1v) is 9.61. The summed E-state index contributed by atoms with van der Waals surface area (Å²) in [5.41, 5.74) is 1.42. The molecule has 2 aliphatic heterocycles. The van der Waals surface area contributed by atoms with E-state index in [-0.39, 0.29) is 17.9 Å². The number of anilines is 2. The van der Waals surface area contributed by atoms with Crippen LogP contribution in [-0.2, 0) is 14.4 Å². The third-order valence-electron chi connectivity index (χ3n) is 4.98. The molecule has 3 atom stereocenters. The van der Waals surface area contributed by atoms with Crippen LogP contribution in [0.4, 0.5) is 11.4 Å². The lowest BCUT2D eigenvalue weighted by atomic mass is 9.95. The zero-order valence-electron chi connectivity index (χ0n) is 14.3. The van der Waals surface area contributed by atoms with Crippen molar-refractivity contribution in [2.75, 3.05) is 9.96 Å². The van der Waals surface area contributed by atoms with Crippen LogP contribution in [-0.4, -0.2) is 17.9 Å². The van der Waals surface area contributed by atoms with E-state index in [1.807, 2.05) is 66.0 Å². The predicted octanol–water partition coefficient (Wildman–Crippen LogP) is 3.80. The largest absolute Gasteiger partial charge is 0.273 e. The first-order chi connectivity index (χ1) is 13.3. The Kier molecular flexibility index (Phi) is 3.81. The van der Waals surface area contributed by atoms with Crippen molar-refractivity contribution in [3.63, 3.8) is 0 Å². The molecule has 2 fully saturated rings. The molecule has 0 aliphatic carbocycles. The molecule has 0 saturated carbocycles. The Bertz CT molecular complexity index is 975. The number of hydroxylamine groups is 1. The van der Waals surface area contributed by atoms with Crippen LogP contribution >= 0.6 is 11.3 Å². The molecule has 2 aliphatic rings. The maximum absolute atomic E-state index is 13.3. The number of hydrogen-bond donors (Lipinski definition) is 0. The normalized spacial score (nSPS) is 24.5. The van der Waals surface area contributed by atoms with Gasteiger partial charge in [0.15, 0.2) is 6.10 Å². The van der Waals surface area contributed by atoms with Crippen molar-refractivity contribution in [3.8, 4) is 0 Å². The second-order valence-electron chi connectivity index (χ2n) is 6.52. The van der Waals surface area contributed by atoms with Crippen LogP contribution in [0.25, 0.3) is 0 Å². The van der Waals surface area contributed by atoms with Crippen LogP contribution in [0.5, 0.6) is 0 Å². The minimum Gasteiger partial charge on any atom is -0.273 e. The van der Waals surface area contributed by atoms with Crippen LogP contribution in [0.3, 0.4) is 0 Å². The minimum absolute atomic E-state index is 0.215. The number of para-hydroxylation sites is 2. The Labute approximate surface area is 160 Å². The molecule has 2 aromatic carbocycles. The molecule has 0 spiro atoms. The Morgan fingerprint density at radius 3 is 2.07 bits per heavy atom. The summed E-state index contributed by atoms with van der Waals surface area (Å²) in [5.74, 6) is -1.10. The van der Waals surface area contributed by atoms with E-state index < -0.39 is 12.0 Å². The van der Waals surface area contributed by atoms with E-state index >= 15 is 0 Å². The summed E-state index contributed by atoms with van der Waals surface area (Å²) in [5, 5.41) is 3.70. The van der Waals surface area contributed by atoms with Gasteiger partial charge in [-0.25, -0.2) is 9.96 Å². The Morgan fingerprint density at radius 1 is 0.778 bits per heavy atom. The summed E-state index contributed by atoms with van der Waals surface area (Å²) in [6, 6.07) is 22.2. The molecule has 3 heterocycles. The molecule has 0 bridgehead atoms. The van der Waals surface area contributed by atoms with Crippen molar-refractivity contribution in [3.05, 3.63) is 83.1 Å². The highest BCUT2D eigenvalue weighted by atomic mass is 32.1. The topological polar surface area (TPSA) is 49.9 Å². The van der Waals surface area contributed by atoms with Gasteiger partial charge in [0.05, 0.1) is 11.4 Å². The summed E-state index contributed by atoms with van der Waals surface area (Å²) < 4.78 is 0. The SMILES string of the molecule is O=C1[C@H]2[C@H](ON(c3ccccc3)[C@H]2c2cccs2)C(=O)N1c1ccccc1. The van der Waals surface area contributed by atoms with Crippen LogP contribution in [0.15, 0.2) is 78.2 Å². The van der Waals surface area contributed by atoms with Gasteiger partial charge in [0.1, 0.15) is 12.0 Å². The molecule has 5 rings (SSSR count). The number of fused-ring (bicyclic) bond motifs is 1. The fraction of sp³-hybridized carbons (Fsp3) is 0.143. The lowest BCUT2D eigenvalue weighted by Gasteiger charge is -2.27. The van der Waals surface area contributed by atoms with Gasteiger partial charge in [0.2, 0.25) is 5.91 Å². The summed E-state index contributed by atoms with van der Waals surface area (Å²) in [6.07, 6.45) is -0.815. The number of rotatable bonds is 3. The highest BCUT2D eigenvalue weighted by Crippen LogP contribution is 2.48. The average Bonchev–Trinajstić information content (AvgIpc) is 3.41. The maximum atomic E-state index is 13.3. The number of carbonyl (C=O) groups excluding carboxylic acids is 2. The Balaban J connectivity index is 1.58. The molecular weight excluding hydrogens is 360 g/mol. The number of carbonyl (C=O) groups is 2. The second-order valence-corrected chi connectivity index (χ2v) is 7.50. The van der Waals surface area contributed by atoms with E-state index in [4.69, 9.17) is 4.84 Å². The highest BCUT2D eigenvalue weighted by molar-refractivity contribution is 7.10. The molecule has 0 unspecified atom stereocenters. The van der Waals surface area contributed by atoms with Gasteiger partial charge in [-0.05, 0) is 35.7 Å². The van der Waals surface area contributed by atoms with Crippen molar-refractivity contribution in [1.82, 2.24) is 0 Å². The molecular formula is C21H16N2O3S.